The summed E-state index contributed by atoms with van der Waals surface area (Å²) in [5.74, 6) is 0.846. The maximum atomic E-state index is 11.1. The minimum atomic E-state index is -0.437. The molecule has 21 heavy (non-hydrogen) atoms. The van der Waals surface area contributed by atoms with E-state index in [-0.39, 0.29) is 11.5 Å². The van der Waals surface area contributed by atoms with E-state index in [1.54, 1.807) is 6.07 Å². The maximum absolute atomic E-state index is 11.1. The van der Waals surface area contributed by atoms with Crippen LogP contribution in [0, 0.1) is 24.0 Å². The van der Waals surface area contributed by atoms with Crippen LogP contribution in [0.4, 0.5) is 23.0 Å². The number of benzene rings is 1. The number of anilines is 3. The largest absolute Gasteiger partial charge is 0.370 e. The van der Waals surface area contributed by atoms with Crippen LogP contribution in [0.15, 0.2) is 30.3 Å². The molecule has 0 saturated heterocycles. The van der Waals surface area contributed by atoms with Crippen LogP contribution in [-0.2, 0) is 0 Å². The lowest BCUT2D eigenvalue weighted by Gasteiger charge is -2.10. The number of pyridine rings is 1. The Balaban J connectivity index is 2.40. The molecule has 0 aliphatic heterocycles. The Hall–Kier alpha value is -2.63. The molecule has 6 heteroatoms. The molecule has 0 saturated carbocycles. The summed E-state index contributed by atoms with van der Waals surface area (Å²) >= 11 is 0. The Bertz CT molecular complexity index is 650. The number of nitro groups is 1. The number of aromatic nitrogens is 1. The van der Waals surface area contributed by atoms with Crippen molar-refractivity contribution in [1.29, 1.82) is 0 Å². The van der Waals surface area contributed by atoms with Crippen molar-refractivity contribution in [1.82, 2.24) is 4.98 Å². The van der Waals surface area contributed by atoms with Gasteiger partial charge < -0.3 is 10.6 Å². The highest BCUT2D eigenvalue weighted by Crippen LogP contribution is 2.28. The lowest BCUT2D eigenvalue weighted by atomic mass is 10.1. The van der Waals surface area contributed by atoms with E-state index >= 15 is 0 Å². The molecule has 110 valence electrons. The second-order valence-electron chi connectivity index (χ2n) is 4.85. The van der Waals surface area contributed by atoms with Crippen LogP contribution in [0.2, 0.25) is 0 Å². The van der Waals surface area contributed by atoms with Crippen molar-refractivity contribution in [2.75, 3.05) is 17.2 Å². The van der Waals surface area contributed by atoms with E-state index in [0.29, 0.717) is 12.4 Å². The van der Waals surface area contributed by atoms with Crippen LogP contribution in [0.5, 0.6) is 0 Å². The summed E-state index contributed by atoms with van der Waals surface area (Å²) in [6.07, 6.45) is 0. The molecule has 6 nitrogen and oxygen atoms in total. The van der Waals surface area contributed by atoms with Gasteiger partial charge in [0.1, 0.15) is 5.82 Å². The van der Waals surface area contributed by atoms with Crippen molar-refractivity contribution in [2.45, 2.75) is 20.8 Å². The standard InChI is InChI=1S/C15H18N4O2/c1-4-16-14-6-5-13(19(20)21)15(18-14)17-12-8-10(2)7-11(3)9-12/h5-9H,4H2,1-3H3,(H2,16,17,18). The minimum Gasteiger partial charge on any atom is -0.370 e. The Morgan fingerprint density at radius 1 is 1.19 bits per heavy atom. The smallest absolute Gasteiger partial charge is 0.311 e. The van der Waals surface area contributed by atoms with Gasteiger partial charge in [-0.3, -0.25) is 10.1 Å². The minimum absolute atomic E-state index is 0.0455. The zero-order chi connectivity index (χ0) is 15.4. The van der Waals surface area contributed by atoms with Crippen LogP contribution in [0.3, 0.4) is 0 Å². The van der Waals surface area contributed by atoms with Gasteiger partial charge in [0, 0.05) is 18.3 Å². The summed E-state index contributed by atoms with van der Waals surface area (Å²) < 4.78 is 0. The number of nitrogens with one attached hydrogen (secondary N) is 2. The SMILES string of the molecule is CCNc1ccc([N+](=O)[O-])c(Nc2cc(C)cc(C)c2)n1. The van der Waals surface area contributed by atoms with Crippen molar-refractivity contribution in [3.8, 4) is 0 Å². The van der Waals surface area contributed by atoms with Crippen LogP contribution < -0.4 is 10.6 Å². The highest BCUT2D eigenvalue weighted by atomic mass is 16.6. The molecule has 0 amide bonds. The van der Waals surface area contributed by atoms with Gasteiger partial charge >= 0.3 is 5.69 Å². The molecule has 0 unspecified atom stereocenters. The molecular formula is C15H18N4O2. The molecule has 1 heterocycles. The van der Waals surface area contributed by atoms with E-state index in [2.05, 4.69) is 15.6 Å². The fourth-order valence-electron chi connectivity index (χ4n) is 2.15. The molecule has 0 bridgehead atoms. The van der Waals surface area contributed by atoms with Gasteiger partial charge in [0.25, 0.3) is 0 Å². The molecule has 0 radical (unpaired) electrons. The van der Waals surface area contributed by atoms with Gasteiger partial charge in [-0.15, -0.1) is 0 Å². The molecular weight excluding hydrogens is 268 g/mol. The molecule has 0 aliphatic rings. The first-order valence-corrected chi connectivity index (χ1v) is 6.74. The van der Waals surface area contributed by atoms with E-state index in [1.807, 2.05) is 39.0 Å². The first kappa shape index (κ1) is 14.8. The second kappa shape index (κ2) is 6.21. The van der Waals surface area contributed by atoms with Crippen LogP contribution >= 0.6 is 0 Å². The van der Waals surface area contributed by atoms with Crippen LogP contribution in [-0.4, -0.2) is 16.5 Å². The third-order valence-electron chi connectivity index (χ3n) is 2.91. The van der Waals surface area contributed by atoms with Gasteiger partial charge in [0.05, 0.1) is 4.92 Å². The monoisotopic (exact) mass is 286 g/mol. The van der Waals surface area contributed by atoms with E-state index in [4.69, 9.17) is 0 Å². The Kier molecular flexibility index (Phi) is 4.37. The van der Waals surface area contributed by atoms with E-state index < -0.39 is 4.92 Å². The van der Waals surface area contributed by atoms with Gasteiger partial charge in [-0.05, 0) is 50.1 Å². The summed E-state index contributed by atoms with van der Waals surface area (Å²) in [5.41, 5.74) is 2.92. The highest BCUT2D eigenvalue weighted by Gasteiger charge is 2.16. The average molecular weight is 286 g/mol. The summed E-state index contributed by atoms with van der Waals surface area (Å²) in [6, 6.07) is 8.96. The van der Waals surface area contributed by atoms with Crippen molar-refractivity contribution in [3.05, 3.63) is 51.6 Å². The van der Waals surface area contributed by atoms with Gasteiger partial charge in [0.15, 0.2) is 0 Å². The number of hydrogen-bond acceptors (Lipinski definition) is 5. The molecule has 1 aromatic heterocycles. The maximum Gasteiger partial charge on any atom is 0.311 e. The van der Waals surface area contributed by atoms with Gasteiger partial charge in [-0.2, -0.15) is 0 Å². The van der Waals surface area contributed by atoms with Gasteiger partial charge in [-0.25, -0.2) is 4.98 Å². The Morgan fingerprint density at radius 2 is 1.86 bits per heavy atom. The molecule has 0 atom stereocenters. The topological polar surface area (TPSA) is 80.1 Å². The third-order valence-corrected chi connectivity index (χ3v) is 2.91. The lowest BCUT2D eigenvalue weighted by Crippen LogP contribution is -2.04. The normalized spacial score (nSPS) is 10.2. The molecule has 2 aromatic rings. The lowest BCUT2D eigenvalue weighted by molar-refractivity contribution is -0.384. The Labute approximate surface area is 123 Å². The number of aryl methyl sites for hydroxylation is 2. The summed E-state index contributed by atoms with van der Waals surface area (Å²) in [4.78, 5) is 15.0. The average Bonchev–Trinajstić information content (AvgIpc) is 2.37. The van der Waals surface area contributed by atoms with Crippen molar-refractivity contribution in [3.63, 3.8) is 0 Å². The van der Waals surface area contributed by atoms with E-state index in [9.17, 15) is 10.1 Å². The summed E-state index contributed by atoms with van der Waals surface area (Å²) in [7, 11) is 0. The zero-order valence-corrected chi connectivity index (χ0v) is 12.3. The number of rotatable bonds is 5. The van der Waals surface area contributed by atoms with E-state index in [0.717, 1.165) is 16.8 Å². The molecule has 1 aromatic carbocycles. The van der Waals surface area contributed by atoms with Gasteiger partial charge in [-0.1, -0.05) is 6.07 Å². The molecule has 2 N–H and O–H groups in total. The van der Waals surface area contributed by atoms with E-state index in [1.165, 1.54) is 6.07 Å². The Morgan fingerprint density at radius 3 is 2.43 bits per heavy atom. The summed E-state index contributed by atoms with van der Waals surface area (Å²) in [5, 5.41) is 17.2. The quantitative estimate of drug-likeness (QED) is 0.645. The van der Waals surface area contributed by atoms with Crippen molar-refractivity contribution >= 4 is 23.0 Å². The fraction of sp³-hybridized carbons (Fsp3) is 0.267. The molecule has 0 aliphatic carbocycles. The third kappa shape index (κ3) is 3.68. The zero-order valence-electron chi connectivity index (χ0n) is 12.3. The number of hydrogen-bond donors (Lipinski definition) is 2. The van der Waals surface area contributed by atoms with Gasteiger partial charge in [0.2, 0.25) is 5.82 Å². The van der Waals surface area contributed by atoms with Crippen LogP contribution in [0.25, 0.3) is 0 Å². The second-order valence-corrected chi connectivity index (χ2v) is 4.85. The predicted molar refractivity (Wildman–Crippen MR) is 84.3 cm³/mol. The first-order valence-electron chi connectivity index (χ1n) is 6.74. The molecule has 0 fully saturated rings. The molecule has 0 spiro atoms. The fourth-order valence-corrected chi connectivity index (χ4v) is 2.15. The van der Waals surface area contributed by atoms with Crippen molar-refractivity contribution in [2.24, 2.45) is 0 Å². The first-order chi connectivity index (χ1) is 9.99. The van der Waals surface area contributed by atoms with Crippen LogP contribution in [0.1, 0.15) is 18.1 Å². The van der Waals surface area contributed by atoms with Crippen molar-refractivity contribution < 1.29 is 4.92 Å². The predicted octanol–water partition coefficient (Wildman–Crippen LogP) is 3.78. The highest BCUT2D eigenvalue weighted by molar-refractivity contribution is 5.68. The number of nitrogens with zero attached hydrogens (tertiary/aromatic N) is 2. The molecule has 2 rings (SSSR count). The summed E-state index contributed by atoms with van der Waals surface area (Å²) in [6.45, 7) is 6.61.